The van der Waals surface area contributed by atoms with Gasteiger partial charge in [0, 0.05) is 6.42 Å². The Morgan fingerprint density at radius 3 is 2.55 bits per heavy atom. The molecular weight excluding hydrogens is 144 g/mol. The SMILES string of the molecule is NCCCc1nnc(N)n1N. The Morgan fingerprint density at radius 1 is 1.36 bits per heavy atom. The van der Waals surface area contributed by atoms with Crippen molar-refractivity contribution in [3.8, 4) is 0 Å². The van der Waals surface area contributed by atoms with Crippen LogP contribution in [0.5, 0.6) is 0 Å². The van der Waals surface area contributed by atoms with Crippen molar-refractivity contribution >= 4 is 5.95 Å². The maximum atomic E-state index is 5.47. The Balaban J connectivity index is 2.63. The maximum absolute atomic E-state index is 5.47. The molecule has 0 spiro atoms. The average Bonchev–Trinajstić information content (AvgIpc) is 2.31. The van der Waals surface area contributed by atoms with Crippen molar-refractivity contribution in [3.63, 3.8) is 0 Å². The monoisotopic (exact) mass is 156 g/mol. The first-order chi connectivity index (χ1) is 5.25. The Bertz CT molecular complexity index is 229. The van der Waals surface area contributed by atoms with Crippen molar-refractivity contribution in [2.24, 2.45) is 5.73 Å². The smallest absolute Gasteiger partial charge is 0.240 e. The highest BCUT2D eigenvalue weighted by Crippen LogP contribution is 1.99. The van der Waals surface area contributed by atoms with E-state index in [1.807, 2.05) is 0 Å². The number of aromatic nitrogens is 3. The second kappa shape index (κ2) is 3.20. The van der Waals surface area contributed by atoms with Gasteiger partial charge in [0.25, 0.3) is 0 Å². The van der Waals surface area contributed by atoms with Gasteiger partial charge in [0.1, 0.15) is 0 Å². The normalized spacial score (nSPS) is 10.3. The molecule has 6 heteroatoms. The van der Waals surface area contributed by atoms with Crippen LogP contribution in [0, 0.1) is 0 Å². The fourth-order valence-electron chi connectivity index (χ4n) is 0.768. The second-order valence-corrected chi connectivity index (χ2v) is 2.24. The molecule has 0 aliphatic carbocycles. The zero-order valence-corrected chi connectivity index (χ0v) is 6.20. The average molecular weight is 156 g/mol. The van der Waals surface area contributed by atoms with Crippen molar-refractivity contribution in [2.45, 2.75) is 12.8 Å². The standard InChI is InChI=1S/C5H12N6/c6-3-1-2-4-9-10-5(7)11(4)8/h1-3,6,8H2,(H2,7,10). The summed E-state index contributed by atoms with van der Waals surface area (Å²) < 4.78 is 1.27. The molecular formula is C5H12N6. The lowest BCUT2D eigenvalue weighted by atomic mass is 10.3. The molecule has 0 aliphatic rings. The number of hydrogen-bond acceptors (Lipinski definition) is 5. The van der Waals surface area contributed by atoms with Gasteiger partial charge < -0.3 is 17.3 Å². The lowest BCUT2D eigenvalue weighted by Gasteiger charge is -1.98. The van der Waals surface area contributed by atoms with Crippen LogP contribution < -0.4 is 17.3 Å². The number of hydrogen-bond donors (Lipinski definition) is 3. The summed E-state index contributed by atoms with van der Waals surface area (Å²) in [6.45, 7) is 0.618. The summed E-state index contributed by atoms with van der Waals surface area (Å²) in [7, 11) is 0. The first kappa shape index (κ1) is 7.80. The first-order valence-corrected chi connectivity index (χ1v) is 3.40. The van der Waals surface area contributed by atoms with Gasteiger partial charge in [-0.3, -0.25) is 0 Å². The minimum Gasteiger partial charge on any atom is -0.366 e. The van der Waals surface area contributed by atoms with Crippen LogP contribution in [0.2, 0.25) is 0 Å². The van der Waals surface area contributed by atoms with E-state index in [0.717, 1.165) is 12.8 Å². The summed E-state index contributed by atoms with van der Waals surface area (Å²) >= 11 is 0. The highest BCUT2D eigenvalue weighted by Gasteiger charge is 2.04. The largest absolute Gasteiger partial charge is 0.366 e. The van der Waals surface area contributed by atoms with Crippen LogP contribution in [-0.4, -0.2) is 21.4 Å². The quantitative estimate of drug-likeness (QED) is 0.460. The molecule has 6 nitrogen and oxygen atoms in total. The number of nitrogens with two attached hydrogens (primary N) is 3. The van der Waals surface area contributed by atoms with Crippen LogP contribution >= 0.6 is 0 Å². The Labute approximate surface area is 64.3 Å². The zero-order valence-electron chi connectivity index (χ0n) is 6.20. The van der Waals surface area contributed by atoms with Crippen LogP contribution in [0.25, 0.3) is 0 Å². The van der Waals surface area contributed by atoms with E-state index in [-0.39, 0.29) is 5.95 Å². The molecule has 6 N–H and O–H groups in total. The number of nitrogens with zero attached hydrogens (tertiary/aromatic N) is 3. The van der Waals surface area contributed by atoms with Crippen LogP contribution in [0.15, 0.2) is 0 Å². The summed E-state index contributed by atoms with van der Waals surface area (Å²) in [5.74, 6) is 6.38. The summed E-state index contributed by atoms with van der Waals surface area (Å²) in [6, 6.07) is 0. The predicted molar refractivity (Wildman–Crippen MR) is 42.0 cm³/mol. The lowest BCUT2D eigenvalue weighted by Crippen LogP contribution is -2.16. The van der Waals surface area contributed by atoms with E-state index in [1.165, 1.54) is 4.68 Å². The van der Waals surface area contributed by atoms with Crippen LogP contribution in [0.3, 0.4) is 0 Å². The molecule has 0 saturated carbocycles. The molecule has 1 aromatic heterocycles. The van der Waals surface area contributed by atoms with E-state index >= 15 is 0 Å². The molecule has 1 heterocycles. The van der Waals surface area contributed by atoms with Crippen molar-refractivity contribution in [1.82, 2.24) is 14.9 Å². The van der Waals surface area contributed by atoms with Crippen molar-refractivity contribution in [3.05, 3.63) is 5.82 Å². The summed E-state index contributed by atoms with van der Waals surface area (Å²) in [5, 5.41) is 7.35. The van der Waals surface area contributed by atoms with E-state index in [1.54, 1.807) is 0 Å². The molecule has 0 bridgehead atoms. The Morgan fingerprint density at radius 2 is 2.09 bits per heavy atom. The molecule has 0 fully saturated rings. The third-order valence-corrected chi connectivity index (χ3v) is 1.40. The van der Waals surface area contributed by atoms with Crippen molar-refractivity contribution in [1.29, 1.82) is 0 Å². The molecule has 1 aromatic rings. The Kier molecular flexibility index (Phi) is 2.27. The molecule has 62 valence electrons. The molecule has 0 amide bonds. The second-order valence-electron chi connectivity index (χ2n) is 2.24. The molecule has 0 atom stereocenters. The molecule has 0 saturated heterocycles. The van der Waals surface area contributed by atoms with Gasteiger partial charge in [-0.25, -0.2) is 4.68 Å². The minimum absolute atomic E-state index is 0.233. The van der Waals surface area contributed by atoms with Crippen LogP contribution in [0.4, 0.5) is 5.95 Å². The van der Waals surface area contributed by atoms with E-state index in [9.17, 15) is 0 Å². The zero-order chi connectivity index (χ0) is 8.27. The van der Waals surface area contributed by atoms with E-state index < -0.39 is 0 Å². The Hall–Kier alpha value is -1.30. The third kappa shape index (κ3) is 1.58. The van der Waals surface area contributed by atoms with E-state index in [2.05, 4.69) is 10.2 Å². The number of anilines is 1. The number of nitrogen functional groups attached to an aromatic ring is 2. The highest BCUT2D eigenvalue weighted by atomic mass is 15.4. The van der Waals surface area contributed by atoms with Crippen LogP contribution in [0.1, 0.15) is 12.2 Å². The maximum Gasteiger partial charge on any atom is 0.240 e. The van der Waals surface area contributed by atoms with Gasteiger partial charge >= 0.3 is 0 Å². The van der Waals surface area contributed by atoms with Crippen molar-refractivity contribution < 1.29 is 0 Å². The highest BCUT2D eigenvalue weighted by molar-refractivity contribution is 5.16. The van der Waals surface area contributed by atoms with Crippen molar-refractivity contribution in [2.75, 3.05) is 18.1 Å². The van der Waals surface area contributed by atoms with Gasteiger partial charge in [0.2, 0.25) is 5.95 Å². The van der Waals surface area contributed by atoms with Crippen LogP contribution in [-0.2, 0) is 6.42 Å². The van der Waals surface area contributed by atoms with Gasteiger partial charge in [-0.15, -0.1) is 10.2 Å². The first-order valence-electron chi connectivity index (χ1n) is 3.40. The van der Waals surface area contributed by atoms with Gasteiger partial charge in [-0.1, -0.05) is 0 Å². The molecule has 11 heavy (non-hydrogen) atoms. The lowest BCUT2D eigenvalue weighted by molar-refractivity contribution is 0.750. The van der Waals surface area contributed by atoms with E-state index in [0.29, 0.717) is 12.4 Å². The summed E-state index contributed by atoms with van der Waals surface area (Å²) in [4.78, 5) is 0. The molecule has 0 unspecified atom stereocenters. The molecule has 0 aliphatic heterocycles. The fourth-order valence-corrected chi connectivity index (χ4v) is 0.768. The topological polar surface area (TPSA) is 109 Å². The fraction of sp³-hybridized carbons (Fsp3) is 0.600. The van der Waals surface area contributed by atoms with Gasteiger partial charge in [-0.2, -0.15) is 0 Å². The van der Waals surface area contributed by atoms with Gasteiger partial charge in [-0.05, 0) is 13.0 Å². The molecule has 0 radical (unpaired) electrons. The molecule has 0 aromatic carbocycles. The summed E-state index contributed by atoms with van der Waals surface area (Å²) in [6.07, 6.45) is 1.56. The van der Waals surface area contributed by atoms with Gasteiger partial charge in [0.05, 0.1) is 0 Å². The van der Waals surface area contributed by atoms with E-state index in [4.69, 9.17) is 17.3 Å². The number of aryl methyl sites for hydroxylation is 1. The van der Waals surface area contributed by atoms with Gasteiger partial charge in [0.15, 0.2) is 5.82 Å². The number of rotatable bonds is 3. The minimum atomic E-state index is 0.233. The third-order valence-electron chi connectivity index (χ3n) is 1.40. The molecule has 1 rings (SSSR count). The summed E-state index contributed by atoms with van der Waals surface area (Å²) in [5.41, 5.74) is 10.6. The predicted octanol–water partition coefficient (Wildman–Crippen LogP) is -1.53.